The molecule has 0 N–H and O–H groups in total. The zero-order valence-electron chi connectivity index (χ0n) is 10.2. The van der Waals surface area contributed by atoms with E-state index >= 15 is 0 Å². The molecule has 0 saturated carbocycles. The molecule has 1 heterocycles. The predicted molar refractivity (Wildman–Crippen MR) is 66.2 cm³/mol. The first-order chi connectivity index (χ1) is 7.66. The SMILES string of the molecule is CCCCCCOc1nnc(Cl)c(C)c1C. The van der Waals surface area contributed by atoms with Crippen LogP contribution in [-0.4, -0.2) is 16.8 Å². The van der Waals surface area contributed by atoms with Gasteiger partial charge in [0.05, 0.1) is 6.61 Å². The normalized spacial score (nSPS) is 10.5. The summed E-state index contributed by atoms with van der Waals surface area (Å²) in [5.41, 5.74) is 1.93. The Balaban J connectivity index is 2.45. The number of aromatic nitrogens is 2. The fourth-order valence-corrected chi connectivity index (χ4v) is 1.57. The summed E-state index contributed by atoms with van der Waals surface area (Å²) >= 11 is 5.86. The van der Waals surface area contributed by atoms with Gasteiger partial charge >= 0.3 is 0 Å². The number of unbranched alkanes of at least 4 members (excludes halogenated alkanes) is 3. The van der Waals surface area contributed by atoms with Crippen LogP contribution in [0.5, 0.6) is 5.88 Å². The van der Waals surface area contributed by atoms with Crippen LogP contribution in [0.4, 0.5) is 0 Å². The molecule has 0 aliphatic rings. The number of hydrogen-bond donors (Lipinski definition) is 0. The van der Waals surface area contributed by atoms with E-state index in [0.29, 0.717) is 17.6 Å². The van der Waals surface area contributed by atoms with Crippen LogP contribution in [0, 0.1) is 13.8 Å². The van der Waals surface area contributed by atoms with Crippen LogP contribution in [-0.2, 0) is 0 Å². The molecule has 0 amide bonds. The van der Waals surface area contributed by atoms with Crippen molar-refractivity contribution in [3.63, 3.8) is 0 Å². The van der Waals surface area contributed by atoms with Gasteiger partial charge in [-0.2, -0.15) is 0 Å². The van der Waals surface area contributed by atoms with Gasteiger partial charge in [0.2, 0.25) is 5.88 Å². The van der Waals surface area contributed by atoms with E-state index < -0.39 is 0 Å². The van der Waals surface area contributed by atoms with E-state index in [4.69, 9.17) is 16.3 Å². The molecule has 0 unspecified atom stereocenters. The van der Waals surface area contributed by atoms with E-state index in [1.54, 1.807) is 0 Å². The number of halogens is 1. The Bertz CT molecular complexity index is 342. The summed E-state index contributed by atoms with van der Waals surface area (Å²) in [6.45, 7) is 6.78. The molecule has 0 atom stereocenters. The fourth-order valence-electron chi connectivity index (χ4n) is 1.39. The van der Waals surface area contributed by atoms with Crippen LogP contribution in [0.15, 0.2) is 0 Å². The Kier molecular flexibility index (Phi) is 5.53. The molecular weight excluding hydrogens is 224 g/mol. The van der Waals surface area contributed by atoms with Crippen LogP contribution in [0.25, 0.3) is 0 Å². The molecule has 1 rings (SSSR count). The fraction of sp³-hybridized carbons (Fsp3) is 0.667. The van der Waals surface area contributed by atoms with E-state index in [1.807, 2.05) is 13.8 Å². The zero-order chi connectivity index (χ0) is 12.0. The van der Waals surface area contributed by atoms with Gasteiger partial charge in [0.1, 0.15) is 0 Å². The predicted octanol–water partition coefficient (Wildman–Crippen LogP) is 3.71. The lowest BCUT2D eigenvalue weighted by Gasteiger charge is -2.09. The van der Waals surface area contributed by atoms with Gasteiger partial charge in [0.25, 0.3) is 0 Å². The molecule has 0 aliphatic carbocycles. The lowest BCUT2D eigenvalue weighted by molar-refractivity contribution is 0.288. The Morgan fingerprint density at radius 2 is 1.81 bits per heavy atom. The van der Waals surface area contributed by atoms with Gasteiger partial charge in [-0.3, -0.25) is 0 Å². The second-order valence-electron chi connectivity index (χ2n) is 3.96. The third kappa shape index (κ3) is 3.63. The number of hydrogen-bond acceptors (Lipinski definition) is 3. The second kappa shape index (κ2) is 6.69. The van der Waals surface area contributed by atoms with Crippen molar-refractivity contribution in [1.82, 2.24) is 10.2 Å². The Morgan fingerprint density at radius 1 is 1.06 bits per heavy atom. The van der Waals surface area contributed by atoms with Gasteiger partial charge in [-0.1, -0.05) is 37.8 Å². The van der Waals surface area contributed by atoms with Crippen LogP contribution in [0.1, 0.15) is 43.7 Å². The molecule has 0 saturated heterocycles. The highest BCUT2D eigenvalue weighted by Gasteiger charge is 2.08. The van der Waals surface area contributed by atoms with Crippen molar-refractivity contribution in [3.05, 3.63) is 16.3 Å². The molecule has 0 aliphatic heterocycles. The second-order valence-corrected chi connectivity index (χ2v) is 4.31. The van der Waals surface area contributed by atoms with Crippen molar-refractivity contribution in [3.8, 4) is 5.88 Å². The molecule has 0 spiro atoms. The Labute approximate surface area is 102 Å². The summed E-state index contributed by atoms with van der Waals surface area (Å²) in [5, 5.41) is 8.25. The molecule has 0 aromatic carbocycles. The van der Waals surface area contributed by atoms with Crippen LogP contribution in [0.2, 0.25) is 5.15 Å². The smallest absolute Gasteiger partial charge is 0.236 e. The highest BCUT2D eigenvalue weighted by atomic mass is 35.5. The minimum atomic E-state index is 0.454. The van der Waals surface area contributed by atoms with Crippen molar-refractivity contribution in [1.29, 1.82) is 0 Å². The molecule has 1 aromatic heterocycles. The van der Waals surface area contributed by atoms with E-state index in [2.05, 4.69) is 17.1 Å². The maximum absolute atomic E-state index is 5.86. The van der Waals surface area contributed by atoms with Crippen LogP contribution in [0.3, 0.4) is 0 Å². The number of nitrogens with zero attached hydrogens (tertiary/aromatic N) is 2. The standard InChI is InChI=1S/C12H19ClN2O/c1-4-5-6-7-8-16-12-10(3)9(2)11(13)14-15-12/h4-8H2,1-3H3. The first-order valence-electron chi connectivity index (χ1n) is 5.79. The largest absolute Gasteiger partial charge is 0.476 e. The van der Waals surface area contributed by atoms with Crippen molar-refractivity contribution in [2.24, 2.45) is 0 Å². The van der Waals surface area contributed by atoms with E-state index in [9.17, 15) is 0 Å². The topological polar surface area (TPSA) is 35.0 Å². The number of rotatable bonds is 6. The van der Waals surface area contributed by atoms with Crippen molar-refractivity contribution < 1.29 is 4.74 Å². The first-order valence-corrected chi connectivity index (χ1v) is 6.16. The van der Waals surface area contributed by atoms with Gasteiger partial charge in [-0.15, -0.1) is 10.2 Å². The van der Waals surface area contributed by atoms with Crippen molar-refractivity contribution in [2.75, 3.05) is 6.61 Å². The summed E-state index contributed by atoms with van der Waals surface area (Å²) in [6, 6.07) is 0. The Hall–Kier alpha value is -0.830. The minimum Gasteiger partial charge on any atom is -0.476 e. The summed E-state index contributed by atoms with van der Waals surface area (Å²) in [6.07, 6.45) is 4.76. The summed E-state index contributed by atoms with van der Waals surface area (Å²) < 4.78 is 5.59. The molecule has 0 bridgehead atoms. The Morgan fingerprint density at radius 3 is 2.50 bits per heavy atom. The number of ether oxygens (including phenoxy) is 1. The molecule has 16 heavy (non-hydrogen) atoms. The molecule has 3 nitrogen and oxygen atoms in total. The lowest BCUT2D eigenvalue weighted by Crippen LogP contribution is -2.03. The van der Waals surface area contributed by atoms with E-state index in [1.165, 1.54) is 19.3 Å². The maximum atomic E-state index is 5.86. The van der Waals surface area contributed by atoms with Crippen molar-refractivity contribution >= 4 is 11.6 Å². The molecule has 0 radical (unpaired) electrons. The molecular formula is C12H19ClN2O. The lowest BCUT2D eigenvalue weighted by atomic mass is 10.2. The van der Waals surface area contributed by atoms with Gasteiger partial charge in [0.15, 0.2) is 5.15 Å². The molecule has 4 heteroatoms. The summed E-state index contributed by atoms with van der Waals surface area (Å²) in [4.78, 5) is 0. The molecule has 1 aromatic rings. The zero-order valence-corrected chi connectivity index (χ0v) is 11.0. The van der Waals surface area contributed by atoms with E-state index in [-0.39, 0.29) is 0 Å². The maximum Gasteiger partial charge on any atom is 0.236 e. The quantitative estimate of drug-likeness (QED) is 0.714. The highest BCUT2D eigenvalue weighted by molar-refractivity contribution is 6.30. The van der Waals surface area contributed by atoms with Gasteiger partial charge in [-0.05, 0) is 25.8 Å². The average molecular weight is 243 g/mol. The van der Waals surface area contributed by atoms with Crippen LogP contribution < -0.4 is 4.74 Å². The van der Waals surface area contributed by atoms with Gasteiger partial charge in [0, 0.05) is 5.56 Å². The first kappa shape index (κ1) is 13.2. The van der Waals surface area contributed by atoms with Gasteiger partial charge in [-0.25, -0.2) is 0 Å². The molecule has 0 fully saturated rings. The average Bonchev–Trinajstić information content (AvgIpc) is 2.28. The third-order valence-electron chi connectivity index (χ3n) is 2.66. The minimum absolute atomic E-state index is 0.454. The highest BCUT2D eigenvalue weighted by Crippen LogP contribution is 2.22. The van der Waals surface area contributed by atoms with Crippen LogP contribution >= 0.6 is 11.6 Å². The van der Waals surface area contributed by atoms with Crippen molar-refractivity contribution in [2.45, 2.75) is 46.5 Å². The molecule has 90 valence electrons. The van der Waals surface area contributed by atoms with E-state index in [0.717, 1.165) is 17.5 Å². The summed E-state index contributed by atoms with van der Waals surface area (Å²) in [5.74, 6) is 0.610. The van der Waals surface area contributed by atoms with Gasteiger partial charge < -0.3 is 4.74 Å². The summed E-state index contributed by atoms with van der Waals surface area (Å²) in [7, 11) is 0. The monoisotopic (exact) mass is 242 g/mol. The third-order valence-corrected chi connectivity index (χ3v) is 3.02.